The summed E-state index contributed by atoms with van der Waals surface area (Å²) in [5.41, 5.74) is 5.92. The Morgan fingerprint density at radius 2 is 1.56 bits per heavy atom. The van der Waals surface area contributed by atoms with Crippen LogP contribution in [0, 0.1) is 13.8 Å². The minimum atomic E-state index is 0.924. The Bertz CT molecular complexity index is 582. The number of aryl methyl sites for hydroxylation is 2. The van der Waals surface area contributed by atoms with Crippen LogP contribution in [0.3, 0.4) is 0 Å². The second-order valence-electron chi connectivity index (χ2n) is 4.46. The first-order valence-electron chi connectivity index (χ1n) is 6.04. The fraction of sp³-hybridized carbons (Fsp3) is 0.176. The van der Waals surface area contributed by atoms with E-state index >= 15 is 0 Å². The molecular formula is C17H18O. The SMILES string of the molecule is C=Cc1cc(-c2ccc(C)c(OC)c2)ccc1C. The maximum atomic E-state index is 5.37. The van der Waals surface area contributed by atoms with E-state index in [0.29, 0.717) is 0 Å². The highest BCUT2D eigenvalue weighted by Gasteiger charge is 2.04. The molecule has 0 N–H and O–H groups in total. The lowest BCUT2D eigenvalue weighted by Crippen LogP contribution is -1.89. The molecular weight excluding hydrogens is 220 g/mol. The van der Waals surface area contributed by atoms with Gasteiger partial charge in [0.1, 0.15) is 5.75 Å². The normalized spacial score (nSPS) is 10.2. The van der Waals surface area contributed by atoms with Crippen LogP contribution >= 0.6 is 0 Å². The molecule has 1 nitrogen and oxygen atoms in total. The van der Waals surface area contributed by atoms with Gasteiger partial charge in [0.05, 0.1) is 7.11 Å². The third kappa shape index (κ3) is 2.30. The fourth-order valence-electron chi connectivity index (χ4n) is 2.04. The molecule has 2 aromatic carbocycles. The molecule has 0 aromatic heterocycles. The molecule has 0 saturated carbocycles. The Morgan fingerprint density at radius 3 is 2.17 bits per heavy atom. The molecule has 0 spiro atoms. The van der Waals surface area contributed by atoms with Gasteiger partial charge in [-0.3, -0.25) is 0 Å². The Morgan fingerprint density at radius 1 is 0.944 bits per heavy atom. The van der Waals surface area contributed by atoms with E-state index in [1.165, 1.54) is 22.3 Å². The largest absolute Gasteiger partial charge is 0.496 e. The van der Waals surface area contributed by atoms with Crippen LogP contribution < -0.4 is 4.74 Å². The van der Waals surface area contributed by atoms with Crippen molar-refractivity contribution < 1.29 is 4.74 Å². The molecule has 0 unspecified atom stereocenters. The highest BCUT2D eigenvalue weighted by Crippen LogP contribution is 2.28. The van der Waals surface area contributed by atoms with Crippen LogP contribution in [0.5, 0.6) is 5.75 Å². The van der Waals surface area contributed by atoms with Gasteiger partial charge in [-0.1, -0.05) is 36.9 Å². The van der Waals surface area contributed by atoms with Gasteiger partial charge in [0.25, 0.3) is 0 Å². The van der Waals surface area contributed by atoms with Gasteiger partial charge in [0.2, 0.25) is 0 Å². The summed E-state index contributed by atoms with van der Waals surface area (Å²) in [5.74, 6) is 0.924. The predicted molar refractivity (Wildman–Crippen MR) is 78.0 cm³/mol. The van der Waals surface area contributed by atoms with Crippen molar-refractivity contribution in [3.63, 3.8) is 0 Å². The molecule has 0 aliphatic rings. The maximum Gasteiger partial charge on any atom is 0.122 e. The first kappa shape index (κ1) is 12.4. The number of hydrogen-bond acceptors (Lipinski definition) is 1. The average Bonchev–Trinajstić information content (AvgIpc) is 2.40. The topological polar surface area (TPSA) is 9.23 Å². The summed E-state index contributed by atoms with van der Waals surface area (Å²) in [4.78, 5) is 0. The van der Waals surface area contributed by atoms with Crippen molar-refractivity contribution in [3.05, 3.63) is 59.7 Å². The minimum Gasteiger partial charge on any atom is -0.496 e. The average molecular weight is 238 g/mol. The summed E-state index contributed by atoms with van der Waals surface area (Å²) >= 11 is 0. The molecule has 0 radical (unpaired) electrons. The third-order valence-electron chi connectivity index (χ3n) is 3.24. The van der Waals surface area contributed by atoms with Crippen molar-refractivity contribution in [1.82, 2.24) is 0 Å². The third-order valence-corrected chi connectivity index (χ3v) is 3.24. The highest BCUT2D eigenvalue weighted by molar-refractivity contribution is 5.70. The Balaban J connectivity index is 2.51. The van der Waals surface area contributed by atoms with Gasteiger partial charge in [0, 0.05) is 0 Å². The summed E-state index contributed by atoms with van der Waals surface area (Å²) in [6.07, 6.45) is 1.89. The number of benzene rings is 2. The van der Waals surface area contributed by atoms with Crippen molar-refractivity contribution >= 4 is 6.08 Å². The van der Waals surface area contributed by atoms with Gasteiger partial charge < -0.3 is 4.74 Å². The van der Waals surface area contributed by atoms with Crippen molar-refractivity contribution in [3.8, 4) is 16.9 Å². The van der Waals surface area contributed by atoms with E-state index in [9.17, 15) is 0 Å². The van der Waals surface area contributed by atoms with Gasteiger partial charge in [0.15, 0.2) is 0 Å². The molecule has 0 aliphatic carbocycles. The molecule has 2 rings (SSSR count). The fourth-order valence-corrected chi connectivity index (χ4v) is 2.04. The van der Waals surface area contributed by atoms with Gasteiger partial charge in [-0.15, -0.1) is 0 Å². The number of rotatable bonds is 3. The zero-order valence-electron chi connectivity index (χ0n) is 11.2. The molecule has 2 aromatic rings. The molecule has 1 heteroatoms. The van der Waals surface area contributed by atoms with Crippen LogP contribution in [0.1, 0.15) is 16.7 Å². The Kier molecular flexibility index (Phi) is 3.52. The van der Waals surface area contributed by atoms with Gasteiger partial charge in [-0.05, 0) is 53.8 Å². The zero-order chi connectivity index (χ0) is 13.1. The standard InChI is InChI=1S/C17H18O/c1-5-14-10-15(8-6-12(14)2)16-9-7-13(3)17(11-16)18-4/h5-11H,1H2,2-4H3. The van der Waals surface area contributed by atoms with E-state index in [-0.39, 0.29) is 0 Å². The molecule has 0 fully saturated rings. The van der Waals surface area contributed by atoms with Crippen molar-refractivity contribution in [2.75, 3.05) is 7.11 Å². The molecule has 18 heavy (non-hydrogen) atoms. The van der Waals surface area contributed by atoms with Crippen LogP contribution in [0.15, 0.2) is 43.0 Å². The summed E-state index contributed by atoms with van der Waals surface area (Å²) in [7, 11) is 1.70. The number of methoxy groups -OCH3 is 1. The monoisotopic (exact) mass is 238 g/mol. The lowest BCUT2D eigenvalue weighted by Gasteiger charge is -2.09. The predicted octanol–water partition coefficient (Wildman–Crippen LogP) is 4.62. The Hall–Kier alpha value is -2.02. The summed E-state index contributed by atoms with van der Waals surface area (Å²) in [6.45, 7) is 7.99. The zero-order valence-corrected chi connectivity index (χ0v) is 11.2. The van der Waals surface area contributed by atoms with Crippen molar-refractivity contribution in [1.29, 1.82) is 0 Å². The smallest absolute Gasteiger partial charge is 0.122 e. The second kappa shape index (κ2) is 5.09. The molecule has 92 valence electrons. The molecule has 0 bridgehead atoms. The van der Waals surface area contributed by atoms with Crippen molar-refractivity contribution in [2.24, 2.45) is 0 Å². The van der Waals surface area contributed by atoms with Crippen LogP contribution in [0.2, 0.25) is 0 Å². The van der Waals surface area contributed by atoms with E-state index in [1.54, 1.807) is 7.11 Å². The minimum absolute atomic E-state index is 0.924. The molecule has 0 saturated heterocycles. The first-order chi connectivity index (χ1) is 8.65. The first-order valence-corrected chi connectivity index (χ1v) is 6.04. The lowest BCUT2D eigenvalue weighted by molar-refractivity contribution is 0.412. The molecule has 0 amide bonds. The molecule has 0 heterocycles. The summed E-state index contributed by atoms with van der Waals surface area (Å²) in [5, 5.41) is 0. The van der Waals surface area contributed by atoms with E-state index in [1.807, 2.05) is 13.0 Å². The van der Waals surface area contributed by atoms with E-state index in [2.05, 4.69) is 49.9 Å². The molecule has 0 atom stereocenters. The van der Waals surface area contributed by atoms with E-state index < -0.39 is 0 Å². The van der Waals surface area contributed by atoms with Crippen LogP contribution in [0.4, 0.5) is 0 Å². The van der Waals surface area contributed by atoms with Gasteiger partial charge in [-0.2, -0.15) is 0 Å². The van der Waals surface area contributed by atoms with Gasteiger partial charge in [-0.25, -0.2) is 0 Å². The van der Waals surface area contributed by atoms with Crippen LogP contribution in [-0.2, 0) is 0 Å². The van der Waals surface area contributed by atoms with E-state index in [4.69, 9.17) is 4.74 Å². The Labute approximate surface area is 109 Å². The number of hydrogen-bond donors (Lipinski definition) is 0. The number of ether oxygens (including phenoxy) is 1. The highest BCUT2D eigenvalue weighted by atomic mass is 16.5. The van der Waals surface area contributed by atoms with Crippen LogP contribution in [0.25, 0.3) is 17.2 Å². The quantitative estimate of drug-likeness (QED) is 0.758. The molecule has 0 aliphatic heterocycles. The summed E-state index contributed by atoms with van der Waals surface area (Å²) < 4.78 is 5.37. The van der Waals surface area contributed by atoms with E-state index in [0.717, 1.165) is 11.3 Å². The maximum absolute atomic E-state index is 5.37. The van der Waals surface area contributed by atoms with Gasteiger partial charge >= 0.3 is 0 Å². The van der Waals surface area contributed by atoms with Crippen LogP contribution in [-0.4, -0.2) is 7.11 Å². The van der Waals surface area contributed by atoms with Crippen molar-refractivity contribution in [2.45, 2.75) is 13.8 Å². The second-order valence-corrected chi connectivity index (χ2v) is 4.46. The summed E-state index contributed by atoms with van der Waals surface area (Å²) in [6, 6.07) is 12.7. The lowest BCUT2D eigenvalue weighted by atomic mass is 9.99.